The lowest BCUT2D eigenvalue weighted by Crippen LogP contribution is -2.55. The molecular formula is C38H65N5O8. The second-order valence-corrected chi connectivity index (χ2v) is 16.7. The van der Waals surface area contributed by atoms with Crippen LogP contribution < -0.4 is 0 Å². The molecule has 2 saturated heterocycles. The van der Waals surface area contributed by atoms with Gasteiger partial charge in [-0.3, -0.25) is 39.0 Å². The zero-order chi connectivity index (χ0) is 37.9. The van der Waals surface area contributed by atoms with E-state index in [1.165, 1.54) is 0 Å². The first-order valence-corrected chi connectivity index (χ1v) is 18.5. The molecule has 3 heterocycles. The van der Waals surface area contributed by atoms with Crippen molar-refractivity contribution in [1.82, 2.24) is 24.6 Å². The first-order valence-electron chi connectivity index (χ1n) is 18.5. The van der Waals surface area contributed by atoms with Gasteiger partial charge in [-0.25, -0.2) is 0 Å². The Morgan fingerprint density at radius 3 is 1.45 bits per heavy atom. The SMILES string of the molecule is CC(C)(C)OC(=O)CN1CCN(CC(=O)OC(C)(C)C)CCN(C(C)(OC2CCCCO2)c2ccccn2)CCN(CC(=O)OC(C)(C)C)CC1. The Balaban J connectivity index is 1.98. The van der Waals surface area contributed by atoms with Crippen LogP contribution in [0.4, 0.5) is 0 Å². The summed E-state index contributed by atoms with van der Waals surface area (Å²) < 4.78 is 30.0. The number of hydrogen-bond donors (Lipinski definition) is 0. The lowest BCUT2D eigenvalue weighted by atomic mass is 10.1. The maximum absolute atomic E-state index is 13.2. The van der Waals surface area contributed by atoms with Crippen molar-refractivity contribution >= 4 is 17.9 Å². The van der Waals surface area contributed by atoms with Crippen LogP contribution in [0.15, 0.2) is 24.4 Å². The van der Waals surface area contributed by atoms with Crippen molar-refractivity contribution in [3.63, 3.8) is 0 Å². The van der Waals surface area contributed by atoms with Gasteiger partial charge in [-0.1, -0.05) is 6.07 Å². The Kier molecular flexibility index (Phi) is 15.8. The van der Waals surface area contributed by atoms with Gasteiger partial charge in [-0.15, -0.1) is 0 Å². The molecule has 0 aliphatic carbocycles. The van der Waals surface area contributed by atoms with Crippen LogP contribution in [0.25, 0.3) is 0 Å². The molecule has 0 aromatic carbocycles. The zero-order valence-corrected chi connectivity index (χ0v) is 33.0. The summed E-state index contributed by atoms with van der Waals surface area (Å²) in [7, 11) is 0. The van der Waals surface area contributed by atoms with Gasteiger partial charge in [-0.2, -0.15) is 0 Å². The summed E-state index contributed by atoms with van der Waals surface area (Å²) in [5.74, 6) is -0.961. The summed E-state index contributed by atoms with van der Waals surface area (Å²) in [6.07, 6.45) is 4.14. The van der Waals surface area contributed by atoms with Crippen molar-refractivity contribution in [1.29, 1.82) is 0 Å². The lowest BCUT2D eigenvalue weighted by Gasteiger charge is -2.44. The standard InChI is InChI=1S/C38H65N5O8/c1-35(2,3)48-31(44)27-40-18-20-41(28-32(45)49-36(4,5)6)22-24-43(25-23-42(21-19-40)29-33(46)50-37(7,8)9)38(10,30-15-11-13-17-39-30)51-34-16-12-14-26-47-34/h11,13,15,17,34H,12,14,16,18-29H2,1-10H3. The van der Waals surface area contributed by atoms with E-state index in [-0.39, 0.29) is 37.5 Å². The Bertz CT molecular complexity index is 1190. The minimum absolute atomic E-state index is 0.0803. The summed E-state index contributed by atoms with van der Waals surface area (Å²) in [5, 5.41) is 0. The Morgan fingerprint density at radius 2 is 1.10 bits per heavy atom. The number of esters is 3. The molecule has 3 rings (SSSR count). The Labute approximate surface area is 306 Å². The second-order valence-electron chi connectivity index (χ2n) is 16.7. The van der Waals surface area contributed by atoms with Gasteiger partial charge >= 0.3 is 17.9 Å². The number of carbonyl (C=O) groups is 3. The molecule has 2 aliphatic heterocycles. The maximum atomic E-state index is 13.2. The van der Waals surface area contributed by atoms with Gasteiger partial charge in [0.25, 0.3) is 0 Å². The van der Waals surface area contributed by atoms with Gasteiger partial charge in [0, 0.05) is 65.2 Å². The van der Waals surface area contributed by atoms with E-state index >= 15 is 0 Å². The predicted octanol–water partition coefficient (Wildman–Crippen LogP) is 4.04. The van der Waals surface area contributed by atoms with E-state index in [2.05, 4.69) is 14.7 Å². The molecule has 2 unspecified atom stereocenters. The Morgan fingerprint density at radius 1 is 0.667 bits per heavy atom. The van der Waals surface area contributed by atoms with Crippen LogP contribution >= 0.6 is 0 Å². The van der Waals surface area contributed by atoms with Gasteiger partial charge in [0.2, 0.25) is 0 Å². The van der Waals surface area contributed by atoms with E-state index in [0.29, 0.717) is 59.0 Å². The molecule has 0 saturated carbocycles. The fourth-order valence-corrected chi connectivity index (χ4v) is 6.10. The molecule has 1 aromatic heterocycles. The molecule has 0 amide bonds. The highest BCUT2D eigenvalue weighted by Crippen LogP contribution is 2.32. The smallest absolute Gasteiger partial charge is 0.320 e. The van der Waals surface area contributed by atoms with Gasteiger partial charge in [0.05, 0.1) is 25.3 Å². The summed E-state index contributed by atoms with van der Waals surface area (Å²) in [4.78, 5) is 52.5. The fraction of sp³-hybridized carbons (Fsp3) is 0.789. The summed E-state index contributed by atoms with van der Waals surface area (Å²) in [6, 6.07) is 5.79. The van der Waals surface area contributed by atoms with Crippen molar-refractivity contribution < 1.29 is 38.1 Å². The number of nitrogens with zero attached hydrogens (tertiary/aromatic N) is 5. The first-order chi connectivity index (χ1) is 23.7. The fourth-order valence-electron chi connectivity index (χ4n) is 6.10. The number of pyridine rings is 1. The van der Waals surface area contributed by atoms with E-state index < -0.39 is 28.8 Å². The second kappa shape index (κ2) is 18.9. The molecule has 290 valence electrons. The van der Waals surface area contributed by atoms with Crippen molar-refractivity contribution in [2.24, 2.45) is 0 Å². The molecular weight excluding hydrogens is 654 g/mol. The average Bonchev–Trinajstić information content (AvgIpc) is 2.99. The third-order valence-electron chi connectivity index (χ3n) is 8.40. The van der Waals surface area contributed by atoms with Crippen LogP contribution in [0.2, 0.25) is 0 Å². The summed E-state index contributed by atoms with van der Waals surface area (Å²) in [5.41, 5.74) is -2.11. The van der Waals surface area contributed by atoms with E-state index in [0.717, 1.165) is 25.0 Å². The predicted molar refractivity (Wildman–Crippen MR) is 195 cm³/mol. The molecule has 2 atom stereocenters. The highest BCUT2D eigenvalue weighted by atomic mass is 16.7. The number of aromatic nitrogens is 1. The maximum Gasteiger partial charge on any atom is 0.320 e. The quantitative estimate of drug-likeness (QED) is 0.256. The minimum atomic E-state index is -0.981. The van der Waals surface area contributed by atoms with E-state index in [1.54, 1.807) is 6.20 Å². The lowest BCUT2D eigenvalue weighted by molar-refractivity contribution is -0.273. The molecule has 1 aromatic rings. The molecule has 0 bridgehead atoms. The van der Waals surface area contributed by atoms with E-state index in [4.69, 9.17) is 28.7 Å². The topological polar surface area (TPSA) is 123 Å². The molecule has 51 heavy (non-hydrogen) atoms. The highest BCUT2D eigenvalue weighted by molar-refractivity contribution is 5.73. The number of hydrogen-bond acceptors (Lipinski definition) is 13. The molecule has 2 aliphatic rings. The third kappa shape index (κ3) is 16.3. The van der Waals surface area contributed by atoms with Gasteiger partial charge in [-0.05, 0) is 101 Å². The summed E-state index contributed by atoms with van der Waals surface area (Å²) >= 11 is 0. The number of rotatable bonds is 10. The molecule has 13 nitrogen and oxygen atoms in total. The normalized spacial score (nSPS) is 21.5. The monoisotopic (exact) mass is 719 g/mol. The third-order valence-corrected chi connectivity index (χ3v) is 8.40. The molecule has 2 fully saturated rings. The van der Waals surface area contributed by atoms with Gasteiger partial charge < -0.3 is 23.7 Å². The van der Waals surface area contributed by atoms with Crippen LogP contribution in [0.1, 0.15) is 94.2 Å². The van der Waals surface area contributed by atoms with Crippen molar-refractivity contribution in [2.45, 2.75) is 117 Å². The zero-order valence-electron chi connectivity index (χ0n) is 33.0. The van der Waals surface area contributed by atoms with Crippen molar-refractivity contribution in [3.05, 3.63) is 30.1 Å². The van der Waals surface area contributed by atoms with Crippen molar-refractivity contribution in [2.75, 3.05) is 78.6 Å². The molecule has 0 spiro atoms. The largest absolute Gasteiger partial charge is 0.459 e. The Hall–Kier alpha value is -2.68. The summed E-state index contributed by atoms with van der Waals surface area (Å²) in [6.45, 7) is 23.6. The van der Waals surface area contributed by atoms with Crippen LogP contribution in [0.5, 0.6) is 0 Å². The number of ether oxygens (including phenoxy) is 5. The van der Waals surface area contributed by atoms with Gasteiger partial charge in [0.1, 0.15) is 16.8 Å². The number of carbonyl (C=O) groups excluding carboxylic acids is 3. The minimum Gasteiger partial charge on any atom is -0.459 e. The molecule has 0 radical (unpaired) electrons. The van der Waals surface area contributed by atoms with E-state index in [1.807, 2.05) is 92.3 Å². The average molecular weight is 720 g/mol. The molecule has 13 heteroatoms. The molecule has 0 N–H and O–H groups in total. The van der Waals surface area contributed by atoms with Crippen LogP contribution in [0.3, 0.4) is 0 Å². The van der Waals surface area contributed by atoms with Gasteiger partial charge in [0.15, 0.2) is 12.0 Å². The van der Waals surface area contributed by atoms with E-state index in [9.17, 15) is 14.4 Å². The highest BCUT2D eigenvalue weighted by Gasteiger charge is 2.40. The first kappa shape index (κ1) is 42.7. The van der Waals surface area contributed by atoms with Crippen LogP contribution in [0, 0.1) is 0 Å². The van der Waals surface area contributed by atoms with Crippen LogP contribution in [-0.4, -0.2) is 144 Å². The van der Waals surface area contributed by atoms with Crippen molar-refractivity contribution in [3.8, 4) is 0 Å². The van der Waals surface area contributed by atoms with Crippen LogP contribution in [-0.2, 0) is 43.8 Å².